The molecule has 2 aliphatic rings. The zero-order valence-electron chi connectivity index (χ0n) is 17.4. The number of anilines is 3. The maximum absolute atomic E-state index is 14.5. The summed E-state index contributed by atoms with van der Waals surface area (Å²) in [6.45, 7) is 0. The van der Waals surface area contributed by atoms with Crippen LogP contribution in [0.2, 0.25) is 0 Å². The maximum atomic E-state index is 14.5. The predicted molar refractivity (Wildman–Crippen MR) is 112 cm³/mol. The Labute approximate surface area is 178 Å². The van der Waals surface area contributed by atoms with Gasteiger partial charge in [-0.2, -0.15) is 4.98 Å². The van der Waals surface area contributed by atoms with Gasteiger partial charge in [0.15, 0.2) is 23.1 Å². The number of ether oxygens (including phenoxy) is 3. The molecule has 0 saturated heterocycles. The highest BCUT2D eigenvalue weighted by atomic mass is 19.1. The summed E-state index contributed by atoms with van der Waals surface area (Å²) in [6, 6.07) is 3.06. The monoisotopic (exact) mass is 429 g/mol. The number of rotatable bonds is 8. The number of nitrogens with two attached hydrogens (primary N) is 1. The molecule has 4 N–H and O–H groups in total. The van der Waals surface area contributed by atoms with Crippen LogP contribution in [0.25, 0.3) is 0 Å². The normalized spacial score (nSPS) is 23.5. The molecule has 1 saturated carbocycles. The van der Waals surface area contributed by atoms with Gasteiger partial charge in [0.1, 0.15) is 0 Å². The molecule has 0 radical (unpaired) electrons. The van der Waals surface area contributed by atoms with Crippen molar-refractivity contribution < 1.29 is 23.4 Å². The van der Waals surface area contributed by atoms with Gasteiger partial charge in [0.05, 0.1) is 33.4 Å². The third kappa shape index (κ3) is 3.80. The number of amides is 1. The second kappa shape index (κ2) is 8.29. The maximum Gasteiger partial charge on any atom is 0.229 e. The predicted octanol–water partition coefficient (Wildman–Crippen LogP) is 2.47. The lowest BCUT2D eigenvalue weighted by molar-refractivity contribution is -0.122. The van der Waals surface area contributed by atoms with E-state index in [1.807, 2.05) is 12.2 Å². The smallest absolute Gasteiger partial charge is 0.229 e. The van der Waals surface area contributed by atoms with Crippen LogP contribution in [0.3, 0.4) is 0 Å². The van der Waals surface area contributed by atoms with Crippen LogP contribution >= 0.6 is 0 Å². The zero-order chi connectivity index (χ0) is 22.1. The Morgan fingerprint density at radius 3 is 2.42 bits per heavy atom. The van der Waals surface area contributed by atoms with Crippen LogP contribution in [0.5, 0.6) is 17.2 Å². The Bertz CT molecular complexity index is 1010. The molecule has 9 nitrogen and oxygen atoms in total. The third-order valence-corrected chi connectivity index (χ3v) is 5.76. The third-order valence-electron chi connectivity index (χ3n) is 5.76. The van der Waals surface area contributed by atoms with E-state index in [4.69, 9.17) is 19.9 Å². The van der Waals surface area contributed by atoms with Gasteiger partial charge in [-0.3, -0.25) is 4.79 Å². The molecule has 0 spiro atoms. The molecule has 31 heavy (non-hydrogen) atoms. The van der Waals surface area contributed by atoms with Gasteiger partial charge in [-0.25, -0.2) is 9.37 Å². The minimum atomic E-state index is -0.620. The Morgan fingerprint density at radius 1 is 1.13 bits per heavy atom. The fourth-order valence-corrected chi connectivity index (χ4v) is 4.38. The fraction of sp³-hybridized carbons (Fsp3) is 0.381. The van der Waals surface area contributed by atoms with Gasteiger partial charge < -0.3 is 30.6 Å². The number of methoxy groups -OCH3 is 3. The molecule has 4 atom stereocenters. The van der Waals surface area contributed by atoms with E-state index in [0.717, 1.165) is 12.6 Å². The lowest BCUT2D eigenvalue weighted by Crippen LogP contribution is -2.41. The van der Waals surface area contributed by atoms with Crippen molar-refractivity contribution in [3.8, 4) is 17.2 Å². The van der Waals surface area contributed by atoms with E-state index in [0.29, 0.717) is 22.9 Å². The number of hydrogen-bond acceptors (Lipinski definition) is 8. The molecule has 1 fully saturated rings. The van der Waals surface area contributed by atoms with Crippen molar-refractivity contribution in [3.05, 3.63) is 36.3 Å². The number of fused-ring (bicyclic) bond motifs is 2. The first-order valence-electron chi connectivity index (χ1n) is 9.79. The van der Waals surface area contributed by atoms with Gasteiger partial charge >= 0.3 is 0 Å². The lowest BCUT2D eigenvalue weighted by Gasteiger charge is -2.27. The van der Waals surface area contributed by atoms with Gasteiger partial charge in [0.25, 0.3) is 0 Å². The topological polar surface area (TPSA) is 121 Å². The molecular weight excluding hydrogens is 405 g/mol. The van der Waals surface area contributed by atoms with Crippen LogP contribution < -0.4 is 30.6 Å². The summed E-state index contributed by atoms with van der Waals surface area (Å²) in [4.78, 5) is 20.2. The standard InChI is InChI=1S/C21H24FN5O4/c1-29-14-7-12(8-15(30-2)18(14)31-3)25-21-24-9-13(22)20(27-21)26-17-11-5-4-10(6-11)16(17)19(23)28/h4-5,7-11,16-17H,6H2,1-3H3,(H2,23,28)(H2,24,25,26,27)/t10?,11-,16?,17+/m0/s1. The number of carbonyl (C=O) groups is 1. The molecule has 2 unspecified atom stereocenters. The first-order chi connectivity index (χ1) is 14.9. The van der Waals surface area contributed by atoms with Crippen molar-refractivity contribution in [1.29, 1.82) is 0 Å². The van der Waals surface area contributed by atoms with E-state index in [1.165, 1.54) is 21.3 Å². The Balaban J connectivity index is 1.59. The molecule has 2 bridgehead atoms. The first kappa shape index (κ1) is 20.7. The second-order valence-electron chi connectivity index (χ2n) is 7.48. The van der Waals surface area contributed by atoms with E-state index < -0.39 is 17.6 Å². The fourth-order valence-electron chi connectivity index (χ4n) is 4.38. The number of aromatic nitrogens is 2. The number of carbonyl (C=O) groups excluding carboxylic acids is 1. The summed E-state index contributed by atoms with van der Waals surface area (Å²) in [5.74, 6) is 0.242. The van der Waals surface area contributed by atoms with Gasteiger partial charge in [-0.1, -0.05) is 12.2 Å². The molecule has 2 aliphatic carbocycles. The van der Waals surface area contributed by atoms with Gasteiger partial charge in [-0.15, -0.1) is 0 Å². The SMILES string of the molecule is COc1cc(Nc2ncc(F)c(N[C@H]3C(C(N)=O)C4C=C[C@H]3C4)n2)cc(OC)c1OC. The number of nitrogens with one attached hydrogen (secondary N) is 2. The van der Waals surface area contributed by atoms with Crippen LogP contribution in [0.1, 0.15) is 6.42 Å². The Hall–Kier alpha value is -3.56. The highest BCUT2D eigenvalue weighted by Gasteiger charge is 2.47. The van der Waals surface area contributed by atoms with Crippen molar-refractivity contribution in [3.63, 3.8) is 0 Å². The summed E-state index contributed by atoms with van der Waals surface area (Å²) in [6.07, 6.45) is 5.93. The summed E-state index contributed by atoms with van der Waals surface area (Å²) in [5.41, 5.74) is 6.15. The lowest BCUT2D eigenvalue weighted by atomic mass is 9.88. The van der Waals surface area contributed by atoms with Crippen LogP contribution in [0.4, 0.5) is 21.8 Å². The molecule has 0 aliphatic heterocycles. The molecule has 2 aromatic rings. The highest BCUT2D eigenvalue weighted by molar-refractivity contribution is 5.79. The van der Waals surface area contributed by atoms with Gasteiger partial charge in [-0.05, 0) is 18.3 Å². The number of benzene rings is 1. The quantitative estimate of drug-likeness (QED) is 0.548. The van der Waals surface area contributed by atoms with Crippen LogP contribution in [-0.4, -0.2) is 43.2 Å². The van der Waals surface area contributed by atoms with Crippen molar-refractivity contribution in [2.45, 2.75) is 12.5 Å². The summed E-state index contributed by atoms with van der Waals surface area (Å²) in [7, 11) is 4.53. The minimum Gasteiger partial charge on any atom is -0.493 e. The Kier molecular flexibility index (Phi) is 5.53. The number of allylic oxidation sites excluding steroid dienone is 1. The van der Waals surface area contributed by atoms with Gasteiger partial charge in [0, 0.05) is 23.9 Å². The zero-order valence-corrected chi connectivity index (χ0v) is 17.4. The molecule has 1 aromatic carbocycles. The van der Waals surface area contributed by atoms with E-state index in [9.17, 15) is 9.18 Å². The number of halogens is 1. The largest absolute Gasteiger partial charge is 0.493 e. The summed E-state index contributed by atoms with van der Waals surface area (Å²) >= 11 is 0. The van der Waals surface area contributed by atoms with E-state index in [-0.39, 0.29) is 29.6 Å². The molecular formula is C21H24FN5O4. The molecule has 164 valence electrons. The molecule has 1 heterocycles. The van der Waals surface area contributed by atoms with Crippen LogP contribution in [0.15, 0.2) is 30.5 Å². The summed E-state index contributed by atoms with van der Waals surface area (Å²) in [5, 5.41) is 6.09. The van der Waals surface area contributed by atoms with E-state index in [1.54, 1.807) is 12.1 Å². The number of nitrogens with zero attached hydrogens (tertiary/aromatic N) is 2. The first-order valence-corrected chi connectivity index (χ1v) is 9.79. The van der Waals surface area contributed by atoms with Crippen molar-refractivity contribution in [2.75, 3.05) is 32.0 Å². The number of hydrogen-bond donors (Lipinski definition) is 3. The average Bonchev–Trinajstić information content (AvgIpc) is 3.37. The highest BCUT2D eigenvalue weighted by Crippen LogP contribution is 2.45. The molecule has 1 aromatic heterocycles. The van der Waals surface area contributed by atoms with Crippen molar-refractivity contribution in [1.82, 2.24) is 9.97 Å². The van der Waals surface area contributed by atoms with E-state index >= 15 is 0 Å². The second-order valence-corrected chi connectivity index (χ2v) is 7.48. The van der Waals surface area contributed by atoms with Crippen LogP contribution in [-0.2, 0) is 4.79 Å². The van der Waals surface area contributed by atoms with Gasteiger partial charge in [0.2, 0.25) is 17.6 Å². The molecule has 1 amide bonds. The van der Waals surface area contributed by atoms with Crippen LogP contribution in [0, 0.1) is 23.6 Å². The van der Waals surface area contributed by atoms with E-state index in [2.05, 4.69) is 20.6 Å². The molecule has 10 heteroatoms. The summed E-state index contributed by atoms with van der Waals surface area (Å²) < 4.78 is 30.5. The van der Waals surface area contributed by atoms with Crippen molar-refractivity contribution >= 4 is 23.4 Å². The number of primary amides is 1. The molecule has 4 rings (SSSR count). The average molecular weight is 429 g/mol. The van der Waals surface area contributed by atoms with Crippen molar-refractivity contribution in [2.24, 2.45) is 23.5 Å². The Morgan fingerprint density at radius 2 is 1.81 bits per heavy atom. The minimum absolute atomic E-state index is 0.00198.